The van der Waals surface area contributed by atoms with Crippen LogP contribution in [-0.2, 0) is 6.54 Å². The molecule has 0 atom stereocenters. The number of nitrogens with one attached hydrogen (secondary N) is 1. The lowest BCUT2D eigenvalue weighted by Crippen LogP contribution is -1.99. The van der Waals surface area contributed by atoms with Crippen molar-refractivity contribution >= 4 is 23.0 Å². The van der Waals surface area contributed by atoms with E-state index in [-0.39, 0.29) is 5.69 Å². The molecule has 0 aliphatic rings. The van der Waals surface area contributed by atoms with E-state index in [0.717, 1.165) is 16.8 Å². The fraction of sp³-hybridized carbons (Fsp3) is 0.143. The number of anilines is 1. The second-order valence-corrected chi connectivity index (χ2v) is 4.65. The van der Waals surface area contributed by atoms with Crippen molar-refractivity contribution < 1.29 is 4.92 Å². The highest BCUT2D eigenvalue weighted by molar-refractivity contribution is 6.31. The van der Waals surface area contributed by atoms with E-state index in [1.165, 1.54) is 12.1 Å². The smallest absolute Gasteiger partial charge is 0.269 e. The zero-order valence-electron chi connectivity index (χ0n) is 10.4. The monoisotopic (exact) mass is 276 g/mol. The molecule has 5 heteroatoms. The van der Waals surface area contributed by atoms with Crippen LogP contribution in [0.15, 0.2) is 42.5 Å². The third-order valence-electron chi connectivity index (χ3n) is 2.82. The minimum absolute atomic E-state index is 0.0992. The number of non-ortho nitro benzene ring substituents is 1. The summed E-state index contributed by atoms with van der Waals surface area (Å²) in [5.74, 6) is 0. The van der Waals surface area contributed by atoms with E-state index >= 15 is 0 Å². The lowest BCUT2D eigenvalue weighted by molar-refractivity contribution is -0.384. The van der Waals surface area contributed by atoms with E-state index in [1.54, 1.807) is 12.1 Å². The SMILES string of the molecule is Cc1ccc(NCc2ccc([N+](=O)[O-])cc2)cc1Cl. The van der Waals surface area contributed by atoms with Gasteiger partial charge in [0.25, 0.3) is 5.69 Å². The number of nitrogens with zero attached hydrogens (tertiary/aromatic N) is 1. The van der Waals surface area contributed by atoms with Gasteiger partial charge in [0.15, 0.2) is 0 Å². The summed E-state index contributed by atoms with van der Waals surface area (Å²) >= 11 is 6.04. The highest BCUT2D eigenvalue weighted by atomic mass is 35.5. The van der Waals surface area contributed by atoms with Crippen LogP contribution in [0.25, 0.3) is 0 Å². The number of benzene rings is 2. The van der Waals surface area contributed by atoms with E-state index in [2.05, 4.69) is 5.32 Å². The molecule has 0 heterocycles. The third-order valence-corrected chi connectivity index (χ3v) is 3.22. The average Bonchev–Trinajstić information content (AvgIpc) is 2.40. The minimum atomic E-state index is -0.406. The molecular formula is C14H13ClN2O2. The molecule has 19 heavy (non-hydrogen) atoms. The van der Waals surface area contributed by atoms with Gasteiger partial charge in [0.05, 0.1) is 4.92 Å². The van der Waals surface area contributed by atoms with Crippen LogP contribution >= 0.6 is 11.6 Å². The van der Waals surface area contributed by atoms with Crippen LogP contribution in [0.1, 0.15) is 11.1 Å². The molecule has 0 unspecified atom stereocenters. The Morgan fingerprint density at radius 3 is 2.47 bits per heavy atom. The molecule has 98 valence electrons. The first kappa shape index (κ1) is 13.4. The quantitative estimate of drug-likeness (QED) is 0.673. The van der Waals surface area contributed by atoms with Gasteiger partial charge >= 0.3 is 0 Å². The molecular weight excluding hydrogens is 264 g/mol. The van der Waals surface area contributed by atoms with E-state index in [0.29, 0.717) is 11.6 Å². The highest BCUT2D eigenvalue weighted by Crippen LogP contribution is 2.20. The zero-order valence-corrected chi connectivity index (χ0v) is 11.1. The number of nitro groups is 1. The number of hydrogen-bond acceptors (Lipinski definition) is 3. The summed E-state index contributed by atoms with van der Waals surface area (Å²) in [6.45, 7) is 2.54. The second kappa shape index (κ2) is 5.71. The Balaban J connectivity index is 2.01. The number of nitro benzene ring substituents is 1. The number of aryl methyl sites for hydroxylation is 1. The summed E-state index contributed by atoms with van der Waals surface area (Å²) in [4.78, 5) is 10.1. The maximum absolute atomic E-state index is 10.5. The summed E-state index contributed by atoms with van der Waals surface area (Å²) in [6.07, 6.45) is 0. The van der Waals surface area contributed by atoms with Crippen molar-refractivity contribution in [1.29, 1.82) is 0 Å². The lowest BCUT2D eigenvalue weighted by Gasteiger charge is -2.08. The van der Waals surface area contributed by atoms with Crippen molar-refractivity contribution in [2.24, 2.45) is 0 Å². The first-order valence-electron chi connectivity index (χ1n) is 5.79. The lowest BCUT2D eigenvalue weighted by atomic mass is 10.2. The van der Waals surface area contributed by atoms with Gasteiger partial charge in [-0.3, -0.25) is 10.1 Å². The summed E-state index contributed by atoms with van der Waals surface area (Å²) in [5, 5.41) is 14.5. The number of halogens is 1. The first-order chi connectivity index (χ1) is 9.06. The number of hydrogen-bond donors (Lipinski definition) is 1. The molecule has 0 amide bonds. The predicted octanol–water partition coefficient (Wildman–Crippen LogP) is 4.17. The van der Waals surface area contributed by atoms with Crippen molar-refractivity contribution in [2.75, 3.05) is 5.32 Å². The molecule has 0 spiro atoms. The van der Waals surface area contributed by atoms with E-state index in [1.807, 2.05) is 25.1 Å². The molecule has 0 saturated heterocycles. The molecule has 0 aliphatic carbocycles. The molecule has 1 N–H and O–H groups in total. The maximum atomic E-state index is 10.5. The molecule has 2 rings (SSSR count). The second-order valence-electron chi connectivity index (χ2n) is 4.24. The van der Waals surface area contributed by atoms with Gasteiger partial charge in [0.1, 0.15) is 0 Å². The molecule has 0 radical (unpaired) electrons. The maximum Gasteiger partial charge on any atom is 0.269 e. The van der Waals surface area contributed by atoms with Crippen molar-refractivity contribution in [3.8, 4) is 0 Å². The van der Waals surface area contributed by atoms with Crippen LogP contribution in [0, 0.1) is 17.0 Å². The van der Waals surface area contributed by atoms with Crippen LogP contribution in [0.3, 0.4) is 0 Å². The largest absolute Gasteiger partial charge is 0.381 e. The average molecular weight is 277 g/mol. The van der Waals surface area contributed by atoms with Gasteiger partial charge in [-0.15, -0.1) is 0 Å². The first-order valence-corrected chi connectivity index (χ1v) is 6.17. The Morgan fingerprint density at radius 2 is 1.89 bits per heavy atom. The van der Waals surface area contributed by atoms with Gasteiger partial charge in [0, 0.05) is 29.4 Å². The summed E-state index contributed by atoms with van der Waals surface area (Å²) in [7, 11) is 0. The van der Waals surface area contributed by atoms with Gasteiger partial charge in [-0.1, -0.05) is 29.8 Å². The molecule has 4 nitrogen and oxygen atoms in total. The molecule has 0 bridgehead atoms. The standard InChI is InChI=1S/C14H13ClN2O2/c1-10-2-5-12(8-14(10)15)16-9-11-3-6-13(7-4-11)17(18)19/h2-8,16H,9H2,1H3. The molecule has 0 saturated carbocycles. The Bertz CT molecular complexity index is 597. The van der Waals surface area contributed by atoms with Crippen LogP contribution in [0.5, 0.6) is 0 Å². The van der Waals surface area contributed by atoms with E-state index in [9.17, 15) is 10.1 Å². The van der Waals surface area contributed by atoms with E-state index < -0.39 is 4.92 Å². The normalized spacial score (nSPS) is 10.2. The Labute approximate surface area is 116 Å². The minimum Gasteiger partial charge on any atom is -0.381 e. The molecule has 0 fully saturated rings. The van der Waals surface area contributed by atoms with E-state index in [4.69, 9.17) is 11.6 Å². The predicted molar refractivity (Wildman–Crippen MR) is 76.6 cm³/mol. The number of rotatable bonds is 4. The van der Waals surface area contributed by atoms with Crippen molar-refractivity contribution in [1.82, 2.24) is 0 Å². The van der Waals surface area contributed by atoms with Crippen molar-refractivity contribution in [3.05, 3.63) is 68.7 Å². The fourth-order valence-electron chi connectivity index (χ4n) is 1.64. The van der Waals surface area contributed by atoms with Crippen LogP contribution in [0.2, 0.25) is 5.02 Å². The van der Waals surface area contributed by atoms with Crippen molar-refractivity contribution in [2.45, 2.75) is 13.5 Å². The fourth-order valence-corrected chi connectivity index (χ4v) is 1.82. The summed E-state index contributed by atoms with van der Waals surface area (Å²) in [6, 6.07) is 12.2. The third kappa shape index (κ3) is 3.45. The molecule has 0 aromatic heterocycles. The summed E-state index contributed by atoms with van der Waals surface area (Å²) < 4.78 is 0. The Kier molecular flexibility index (Phi) is 4.02. The van der Waals surface area contributed by atoms with Gasteiger partial charge in [-0.05, 0) is 30.2 Å². The van der Waals surface area contributed by atoms with Crippen LogP contribution in [-0.4, -0.2) is 4.92 Å². The molecule has 2 aromatic carbocycles. The molecule has 2 aromatic rings. The van der Waals surface area contributed by atoms with Crippen molar-refractivity contribution in [3.63, 3.8) is 0 Å². The van der Waals surface area contributed by atoms with Gasteiger partial charge < -0.3 is 5.32 Å². The van der Waals surface area contributed by atoms with Gasteiger partial charge in [0.2, 0.25) is 0 Å². The Morgan fingerprint density at radius 1 is 1.21 bits per heavy atom. The highest BCUT2D eigenvalue weighted by Gasteiger charge is 2.04. The van der Waals surface area contributed by atoms with Crippen LogP contribution < -0.4 is 5.32 Å². The van der Waals surface area contributed by atoms with Gasteiger partial charge in [-0.2, -0.15) is 0 Å². The van der Waals surface area contributed by atoms with Crippen LogP contribution in [0.4, 0.5) is 11.4 Å². The topological polar surface area (TPSA) is 55.2 Å². The molecule has 0 aliphatic heterocycles. The van der Waals surface area contributed by atoms with Gasteiger partial charge in [-0.25, -0.2) is 0 Å². The zero-order chi connectivity index (χ0) is 13.8. The Hall–Kier alpha value is -2.07. The summed E-state index contributed by atoms with van der Waals surface area (Å²) in [5.41, 5.74) is 3.03.